The average molecular weight is 330 g/mol. The molecule has 0 spiro atoms. The number of aromatic nitrogens is 1. The molecule has 0 N–H and O–H groups in total. The average Bonchev–Trinajstić information content (AvgIpc) is 3.12. The van der Waals surface area contributed by atoms with Gasteiger partial charge < -0.3 is 9.64 Å². The molecule has 0 aliphatic carbocycles. The lowest BCUT2D eigenvalue weighted by Gasteiger charge is -2.16. The van der Waals surface area contributed by atoms with Crippen molar-refractivity contribution in [3.05, 3.63) is 52.5 Å². The van der Waals surface area contributed by atoms with E-state index in [0.29, 0.717) is 30.8 Å². The van der Waals surface area contributed by atoms with E-state index in [4.69, 9.17) is 4.74 Å². The van der Waals surface area contributed by atoms with Gasteiger partial charge in [0.25, 0.3) is 0 Å². The molecule has 6 heteroatoms. The molecule has 3 rings (SSSR count). The molecule has 0 unspecified atom stereocenters. The Hall–Kier alpha value is -2.21. The molecule has 1 aromatic carbocycles. The molecule has 1 aliphatic heterocycles. The van der Waals surface area contributed by atoms with Gasteiger partial charge >= 0.3 is 5.97 Å². The van der Waals surface area contributed by atoms with Crippen LogP contribution in [-0.2, 0) is 16.1 Å². The van der Waals surface area contributed by atoms with Crippen molar-refractivity contribution in [2.24, 2.45) is 5.92 Å². The lowest BCUT2D eigenvalue weighted by atomic mass is 10.1. The minimum atomic E-state index is -0.356. The highest BCUT2D eigenvalue weighted by molar-refractivity contribution is 7.03. The number of rotatable bonds is 5. The zero-order valence-electron chi connectivity index (χ0n) is 12.9. The molecule has 0 radical (unpaired) electrons. The van der Waals surface area contributed by atoms with E-state index in [1.54, 1.807) is 12.3 Å². The highest BCUT2D eigenvalue weighted by Crippen LogP contribution is 2.21. The van der Waals surface area contributed by atoms with Crippen LogP contribution in [0.25, 0.3) is 0 Å². The number of amides is 1. The Morgan fingerprint density at radius 1 is 1.39 bits per heavy atom. The third-order valence-corrected chi connectivity index (χ3v) is 4.65. The summed E-state index contributed by atoms with van der Waals surface area (Å²) in [5.74, 6) is -0.185. The number of aryl methyl sites for hydroxylation is 1. The van der Waals surface area contributed by atoms with Gasteiger partial charge in [-0.2, -0.15) is 4.37 Å². The van der Waals surface area contributed by atoms with E-state index in [1.807, 2.05) is 35.2 Å². The maximum absolute atomic E-state index is 12.1. The normalized spacial score (nSPS) is 17.5. The van der Waals surface area contributed by atoms with Crippen molar-refractivity contribution in [3.8, 4) is 0 Å². The second kappa shape index (κ2) is 6.91. The van der Waals surface area contributed by atoms with Crippen molar-refractivity contribution in [2.45, 2.75) is 19.9 Å². The monoisotopic (exact) mass is 330 g/mol. The summed E-state index contributed by atoms with van der Waals surface area (Å²) < 4.78 is 9.41. The van der Waals surface area contributed by atoms with Crippen molar-refractivity contribution >= 4 is 23.4 Å². The molecule has 1 fully saturated rings. The van der Waals surface area contributed by atoms with Gasteiger partial charge in [-0.1, -0.05) is 30.3 Å². The van der Waals surface area contributed by atoms with Crippen LogP contribution in [0.1, 0.15) is 28.0 Å². The summed E-state index contributed by atoms with van der Waals surface area (Å²) in [6, 6.07) is 9.90. The van der Waals surface area contributed by atoms with Crippen molar-refractivity contribution in [2.75, 3.05) is 13.2 Å². The molecule has 1 aromatic heterocycles. The summed E-state index contributed by atoms with van der Waals surface area (Å²) >= 11 is 1.24. The molecule has 1 saturated heterocycles. The van der Waals surface area contributed by atoms with Crippen LogP contribution in [0.3, 0.4) is 0 Å². The zero-order valence-corrected chi connectivity index (χ0v) is 13.7. The van der Waals surface area contributed by atoms with E-state index in [1.165, 1.54) is 11.5 Å². The third kappa shape index (κ3) is 3.76. The largest absolute Gasteiger partial charge is 0.462 e. The number of hydrogen-bond acceptors (Lipinski definition) is 5. The van der Waals surface area contributed by atoms with Gasteiger partial charge in [-0.25, -0.2) is 4.79 Å². The Bertz CT molecular complexity index is 699. The highest BCUT2D eigenvalue weighted by atomic mass is 32.1. The molecule has 5 nitrogen and oxygen atoms in total. The number of nitrogens with zero attached hydrogens (tertiary/aromatic N) is 2. The van der Waals surface area contributed by atoms with Gasteiger partial charge in [-0.05, 0) is 24.0 Å². The number of benzene rings is 1. The lowest BCUT2D eigenvalue weighted by molar-refractivity contribution is -0.128. The van der Waals surface area contributed by atoms with Crippen LogP contribution in [-0.4, -0.2) is 34.3 Å². The van der Waals surface area contributed by atoms with Crippen LogP contribution in [0, 0.1) is 12.8 Å². The predicted molar refractivity (Wildman–Crippen MR) is 87.1 cm³/mol. The molecule has 2 heterocycles. The third-order valence-electron chi connectivity index (χ3n) is 3.93. The zero-order chi connectivity index (χ0) is 16.2. The fourth-order valence-corrected chi connectivity index (χ4v) is 3.36. The van der Waals surface area contributed by atoms with Crippen LogP contribution in [0.4, 0.5) is 0 Å². The van der Waals surface area contributed by atoms with Gasteiger partial charge in [0.05, 0.1) is 17.9 Å². The molecular formula is C17H18N2O3S. The Balaban J connectivity index is 1.52. The van der Waals surface area contributed by atoms with E-state index >= 15 is 0 Å². The van der Waals surface area contributed by atoms with Crippen molar-refractivity contribution in [3.63, 3.8) is 0 Å². The second-order valence-corrected chi connectivity index (χ2v) is 6.37. The van der Waals surface area contributed by atoms with Gasteiger partial charge in [0.1, 0.15) is 0 Å². The first-order valence-electron chi connectivity index (χ1n) is 7.53. The fraction of sp³-hybridized carbons (Fsp3) is 0.353. The summed E-state index contributed by atoms with van der Waals surface area (Å²) in [6.07, 6.45) is 0.432. The SMILES string of the molecule is Cc1nscc1C(=O)OC[C@@H]1CC(=O)N(Cc2ccccc2)C1. The Labute approximate surface area is 139 Å². The van der Waals surface area contributed by atoms with Gasteiger partial charge in [-0.3, -0.25) is 4.79 Å². The van der Waals surface area contributed by atoms with Crippen LogP contribution in [0.15, 0.2) is 35.7 Å². The lowest BCUT2D eigenvalue weighted by Crippen LogP contribution is -2.25. The summed E-state index contributed by atoms with van der Waals surface area (Å²) in [6.45, 7) is 3.29. The molecular weight excluding hydrogens is 312 g/mol. The topological polar surface area (TPSA) is 59.5 Å². The van der Waals surface area contributed by atoms with E-state index in [9.17, 15) is 9.59 Å². The number of ether oxygens (including phenoxy) is 1. The molecule has 120 valence electrons. The van der Waals surface area contributed by atoms with Gasteiger partial charge in [-0.15, -0.1) is 0 Å². The smallest absolute Gasteiger partial charge is 0.340 e. The fourth-order valence-electron chi connectivity index (χ4n) is 2.68. The number of carbonyl (C=O) groups excluding carboxylic acids is 2. The Morgan fingerprint density at radius 3 is 2.87 bits per heavy atom. The highest BCUT2D eigenvalue weighted by Gasteiger charge is 2.30. The standard InChI is InChI=1S/C17H18N2O3S/c1-12-15(11-23-18-12)17(21)22-10-14-7-16(20)19(9-14)8-13-5-3-2-4-6-13/h2-6,11,14H,7-10H2,1H3/t14-/m1/s1. The first-order chi connectivity index (χ1) is 11.1. The Morgan fingerprint density at radius 2 is 2.17 bits per heavy atom. The molecule has 1 atom stereocenters. The Kier molecular flexibility index (Phi) is 4.71. The van der Waals surface area contributed by atoms with Crippen LogP contribution < -0.4 is 0 Å². The minimum absolute atomic E-state index is 0.0575. The number of carbonyl (C=O) groups is 2. The van der Waals surface area contributed by atoms with Crippen LogP contribution in [0.5, 0.6) is 0 Å². The predicted octanol–water partition coefficient (Wildman–Crippen LogP) is 2.66. The van der Waals surface area contributed by atoms with E-state index < -0.39 is 0 Å². The van der Waals surface area contributed by atoms with Crippen molar-refractivity contribution in [1.82, 2.24) is 9.27 Å². The molecule has 1 aliphatic rings. The second-order valence-electron chi connectivity index (χ2n) is 5.74. The van der Waals surface area contributed by atoms with E-state index in [2.05, 4.69) is 4.37 Å². The van der Waals surface area contributed by atoms with Crippen LogP contribution >= 0.6 is 11.5 Å². The van der Waals surface area contributed by atoms with Gasteiger partial charge in [0.2, 0.25) is 5.91 Å². The number of hydrogen-bond donors (Lipinski definition) is 0. The first kappa shape index (κ1) is 15.7. The van der Waals surface area contributed by atoms with Crippen molar-refractivity contribution in [1.29, 1.82) is 0 Å². The maximum Gasteiger partial charge on any atom is 0.340 e. The molecule has 1 amide bonds. The van der Waals surface area contributed by atoms with Crippen molar-refractivity contribution < 1.29 is 14.3 Å². The summed E-state index contributed by atoms with van der Waals surface area (Å²) in [5, 5.41) is 1.69. The molecule has 23 heavy (non-hydrogen) atoms. The number of esters is 1. The van der Waals surface area contributed by atoms with E-state index in [0.717, 1.165) is 5.56 Å². The van der Waals surface area contributed by atoms with Gasteiger partial charge in [0, 0.05) is 30.8 Å². The van der Waals surface area contributed by atoms with Gasteiger partial charge in [0.15, 0.2) is 0 Å². The summed E-state index contributed by atoms with van der Waals surface area (Å²) in [4.78, 5) is 25.9. The number of likely N-dealkylation sites (tertiary alicyclic amines) is 1. The molecule has 0 saturated carbocycles. The van der Waals surface area contributed by atoms with Crippen LogP contribution in [0.2, 0.25) is 0 Å². The van der Waals surface area contributed by atoms with E-state index in [-0.39, 0.29) is 24.4 Å². The summed E-state index contributed by atoms with van der Waals surface area (Å²) in [5.41, 5.74) is 2.31. The summed E-state index contributed by atoms with van der Waals surface area (Å²) in [7, 11) is 0. The quantitative estimate of drug-likeness (QED) is 0.791. The first-order valence-corrected chi connectivity index (χ1v) is 8.37. The maximum atomic E-state index is 12.1. The molecule has 2 aromatic rings. The minimum Gasteiger partial charge on any atom is -0.462 e. The molecule has 0 bridgehead atoms.